The first-order chi connectivity index (χ1) is 9.72. The third-order valence-corrected chi connectivity index (χ3v) is 4.00. The highest BCUT2D eigenvalue weighted by molar-refractivity contribution is 5.81. The van der Waals surface area contributed by atoms with E-state index in [-0.39, 0.29) is 24.0 Å². The van der Waals surface area contributed by atoms with E-state index < -0.39 is 0 Å². The van der Waals surface area contributed by atoms with E-state index in [2.05, 4.69) is 10.6 Å². The van der Waals surface area contributed by atoms with Gasteiger partial charge in [-0.1, -0.05) is 12.1 Å². The van der Waals surface area contributed by atoms with E-state index in [1.807, 2.05) is 31.2 Å². The number of carbonyl (C=O) groups is 1. The standard InChI is InChI=1S/C16H22N2O2/c1-11(18-16(19)13-2-3-13)12-4-6-14(7-5-12)20-15-8-9-17-10-15/h4-7,11,13,15,17H,2-3,8-10H2,1H3,(H,18,19)/t11-,15+/m0/s1. The van der Waals surface area contributed by atoms with Crippen LogP contribution in [0.2, 0.25) is 0 Å². The highest BCUT2D eigenvalue weighted by atomic mass is 16.5. The molecule has 1 amide bonds. The van der Waals surface area contributed by atoms with Crippen molar-refractivity contribution in [2.45, 2.75) is 38.3 Å². The molecule has 2 N–H and O–H groups in total. The van der Waals surface area contributed by atoms with Gasteiger partial charge in [0.1, 0.15) is 11.9 Å². The van der Waals surface area contributed by atoms with Crippen LogP contribution in [0.3, 0.4) is 0 Å². The number of carbonyl (C=O) groups excluding carboxylic acids is 1. The second-order valence-corrected chi connectivity index (χ2v) is 5.81. The Kier molecular flexibility index (Phi) is 3.92. The lowest BCUT2D eigenvalue weighted by molar-refractivity contribution is -0.122. The van der Waals surface area contributed by atoms with Crippen LogP contribution in [0, 0.1) is 5.92 Å². The summed E-state index contributed by atoms with van der Waals surface area (Å²) in [6.07, 6.45) is 3.43. The normalized spacial score (nSPS) is 23.4. The number of hydrogen-bond acceptors (Lipinski definition) is 3. The van der Waals surface area contributed by atoms with Gasteiger partial charge in [0.2, 0.25) is 5.91 Å². The van der Waals surface area contributed by atoms with Gasteiger partial charge < -0.3 is 15.4 Å². The van der Waals surface area contributed by atoms with Gasteiger partial charge in [0.25, 0.3) is 0 Å². The fourth-order valence-electron chi connectivity index (χ4n) is 2.52. The fraction of sp³-hybridized carbons (Fsp3) is 0.562. The third-order valence-electron chi connectivity index (χ3n) is 4.00. The average Bonchev–Trinajstić information content (AvgIpc) is 3.19. The van der Waals surface area contributed by atoms with Crippen molar-refractivity contribution < 1.29 is 9.53 Å². The first-order valence-corrected chi connectivity index (χ1v) is 7.50. The predicted molar refractivity (Wildman–Crippen MR) is 77.6 cm³/mol. The van der Waals surface area contributed by atoms with Crippen LogP contribution < -0.4 is 15.4 Å². The summed E-state index contributed by atoms with van der Waals surface area (Å²) >= 11 is 0. The number of amides is 1. The van der Waals surface area contributed by atoms with Crippen LogP contribution in [0.1, 0.15) is 37.8 Å². The highest BCUT2D eigenvalue weighted by Crippen LogP contribution is 2.30. The topological polar surface area (TPSA) is 50.4 Å². The zero-order chi connectivity index (χ0) is 13.9. The summed E-state index contributed by atoms with van der Waals surface area (Å²) in [5.74, 6) is 1.35. The lowest BCUT2D eigenvalue weighted by Crippen LogP contribution is -2.27. The van der Waals surface area contributed by atoms with Crippen molar-refractivity contribution in [2.24, 2.45) is 5.92 Å². The molecule has 1 saturated carbocycles. The molecule has 2 fully saturated rings. The Bertz CT molecular complexity index is 462. The van der Waals surface area contributed by atoms with Crippen LogP contribution in [0.25, 0.3) is 0 Å². The molecule has 4 heteroatoms. The second-order valence-electron chi connectivity index (χ2n) is 5.81. The van der Waals surface area contributed by atoms with Gasteiger partial charge in [-0.3, -0.25) is 4.79 Å². The molecule has 0 spiro atoms. The maximum absolute atomic E-state index is 11.7. The van der Waals surface area contributed by atoms with E-state index in [0.717, 1.165) is 43.7 Å². The Hall–Kier alpha value is -1.55. The summed E-state index contributed by atoms with van der Waals surface area (Å²) in [4.78, 5) is 11.7. The molecule has 1 aromatic rings. The van der Waals surface area contributed by atoms with E-state index in [1.165, 1.54) is 0 Å². The largest absolute Gasteiger partial charge is 0.489 e. The van der Waals surface area contributed by atoms with Crippen molar-refractivity contribution in [1.29, 1.82) is 0 Å². The zero-order valence-corrected chi connectivity index (χ0v) is 11.9. The van der Waals surface area contributed by atoms with Gasteiger partial charge in [0.05, 0.1) is 6.04 Å². The first kappa shape index (κ1) is 13.4. The van der Waals surface area contributed by atoms with Gasteiger partial charge in [0, 0.05) is 12.5 Å². The molecule has 1 saturated heterocycles. The SMILES string of the molecule is C[C@H](NC(=O)C1CC1)c1ccc(O[C@@H]2CCNC2)cc1. The molecule has 0 radical (unpaired) electrons. The Morgan fingerprint density at radius 2 is 2.05 bits per heavy atom. The van der Waals surface area contributed by atoms with Crippen molar-refractivity contribution in [2.75, 3.05) is 13.1 Å². The maximum Gasteiger partial charge on any atom is 0.223 e. The summed E-state index contributed by atoms with van der Waals surface area (Å²) in [6, 6.07) is 8.12. The summed E-state index contributed by atoms with van der Waals surface area (Å²) in [5, 5.41) is 6.35. The van der Waals surface area contributed by atoms with Gasteiger partial charge in [-0.25, -0.2) is 0 Å². The maximum atomic E-state index is 11.7. The molecule has 2 aliphatic rings. The van der Waals surface area contributed by atoms with Crippen LogP contribution in [0.15, 0.2) is 24.3 Å². The lowest BCUT2D eigenvalue weighted by atomic mass is 10.1. The summed E-state index contributed by atoms with van der Waals surface area (Å²) in [5.41, 5.74) is 1.12. The molecule has 0 unspecified atom stereocenters. The minimum Gasteiger partial charge on any atom is -0.489 e. The molecule has 1 aliphatic carbocycles. The number of rotatable bonds is 5. The number of nitrogens with one attached hydrogen (secondary N) is 2. The van der Waals surface area contributed by atoms with Gasteiger partial charge in [0.15, 0.2) is 0 Å². The van der Waals surface area contributed by atoms with Gasteiger partial charge >= 0.3 is 0 Å². The summed E-state index contributed by atoms with van der Waals surface area (Å²) in [7, 11) is 0. The van der Waals surface area contributed by atoms with Crippen LogP contribution >= 0.6 is 0 Å². The average molecular weight is 274 g/mol. The van der Waals surface area contributed by atoms with Gasteiger partial charge in [-0.2, -0.15) is 0 Å². The van der Waals surface area contributed by atoms with E-state index in [0.29, 0.717) is 0 Å². The van der Waals surface area contributed by atoms with E-state index in [4.69, 9.17) is 4.74 Å². The third kappa shape index (κ3) is 3.31. The molecule has 20 heavy (non-hydrogen) atoms. The molecular formula is C16H22N2O2. The van der Waals surface area contributed by atoms with Gasteiger partial charge in [-0.15, -0.1) is 0 Å². The van der Waals surface area contributed by atoms with Crippen LogP contribution in [0.5, 0.6) is 5.75 Å². The van der Waals surface area contributed by atoms with Crippen molar-refractivity contribution in [1.82, 2.24) is 10.6 Å². The van der Waals surface area contributed by atoms with Crippen LogP contribution in [-0.2, 0) is 4.79 Å². The quantitative estimate of drug-likeness (QED) is 0.863. The number of benzene rings is 1. The monoisotopic (exact) mass is 274 g/mol. The van der Waals surface area contributed by atoms with Gasteiger partial charge in [-0.05, 0) is 50.4 Å². The number of ether oxygens (including phenoxy) is 1. The minimum atomic E-state index is 0.0605. The minimum absolute atomic E-state index is 0.0605. The second kappa shape index (κ2) is 5.83. The molecule has 108 valence electrons. The highest BCUT2D eigenvalue weighted by Gasteiger charge is 2.30. The molecule has 1 heterocycles. The van der Waals surface area contributed by atoms with Crippen molar-refractivity contribution in [3.05, 3.63) is 29.8 Å². The Balaban J connectivity index is 1.55. The molecule has 1 aliphatic heterocycles. The molecule has 4 nitrogen and oxygen atoms in total. The number of hydrogen-bond donors (Lipinski definition) is 2. The summed E-state index contributed by atoms with van der Waals surface area (Å²) in [6.45, 7) is 3.99. The predicted octanol–water partition coefficient (Wildman–Crippen LogP) is 2.01. The molecule has 0 bridgehead atoms. The molecule has 1 aromatic carbocycles. The van der Waals surface area contributed by atoms with E-state index >= 15 is 0 Å². The molecule has 0 aromatic heterocycles. The Morgan fingerprint density at radius 3 is 2.65 bits per heavy atom. The first-order valence-electron chi connectivity index (χ1n) is 7.50. The Labute approximate surface area is 119 Å². The van der Waals surface area contributed by atoms with Crippen LogP contribution in [0.4, 0.5) is 0 Å². The summed E-state index contributed by atoms with van der Waals surface area (Å²) < 4.78 is 5.89. The zero-order valence-electron chi connectivity index (χ0n) is 11.9. The smallest absolute Gasteiger partial charge is 0.223 e. The van der Waals surface area contributed by atoms with Crippen molar-refractivity contribution in [3.63, 3.8) is 0 Å². The van der Waals surface area contributed by atoms with Crippen LogP contribution in [-0.4, -0.2) is 25.1 Å². The fourth-order valence-corrected chi connectivity index (χ4v) is 2.52. The molecule has 2 atom stereocenters. The Morgan fingerprint density at radius 1 is 1.30 bits per heavy atom. The lowest BCUT2D eigenvalue weighted by Gasteiger charge is -2.16. The molecular weight excluding hydrogens is 252 g/mol. The van der Waals surface area contributed by atoms with Crippen molar-refractivity contribution in [3.8, 4) is 5.75 Å². The van der Waals surface area contributed by atoms with Crippen molar-refractivity contribution >= 4 is 5.91 Å². The molecule has 3 rings (SSSR count). The van der Waals surface area contributed by atoms with E-state index in [9.17, 15) is 4.79 Å². The van der Waals surface area contributed by atoms with E-state index in [1.54, 1.807) is 0 Å².